The van der Waals surface area contributed by atoms with Crippen molar-refractivity contribution in [3.8, 4) is 0 Å². The number of hydrogen-bond acceptors (Lipinski definition) is 3. The van der Waals surface area contributed by atoms with Crippen LogP contribution in [0, 0.1) is 7.40 Å². The van der Waals surface area contributed by atoms with Crippen LogP contribution in [0.1, 0.15) is 0 Å². The van der Waals surface area contributed by atoms with Crippen molar-refractivity contribution in [3.63, 3.8) is 0 Å². The molecule has 0 saturated heterocycles. The van der Waals surface area contributed by atoms with E-state index in [2.05, 4.69) is 88.1 Å². The Labute approximate surface area is 135 Å². The molecule has 0 unspecified atom stereocenters. The van der Waals surface area contributed by atoms with Crippen molar-refractivity contribution in [2.75, 3.05) is 11.9 Å². The third-order valence-corrected chi connectivity index (χ3v) is 4.34. The summed E-state index contributed by atoms with van der Waals surface area (Å²) in [5.41, 5.74) is 2.14. The molecule has 6 heteroatoms. The number of halogens is 3. The largest absolute Gasteiger partial charge is 0.340 e. The summed E-state index contributed by atoms with van der Waals surface area (Å²) in [6.45, 7) is 0. The van der Waals surface area contributed by atoms with Crippen molar-refractivity contribution < 1.29 is 0 Å². The van der Waals surface area contributed by atoms with E-state index in [-0.39, 0.29) is 0 Å². The van der Waals surface area contributed by atoms with Gasteiger partial charge in [0.05, 0.1) is 0 Å². The highest BCUT2D eigenvalue weighted by Crippen LogP contribution is 2.31. The number of benzene rings is 1. The first-order valence-corrected chi connectivity index (χ1v) is 7.70. The third kappa shape index (κ3) is 3.08. The lowest BCUT2D eigenvalue weighted by molar-refractivity contribution is 1.05. The molecule has 0 radical (unpaired) electrons. The zero-order valence-corrected chi connectivity index (χ0v) is 14.8. The fourth-order valence-electron chi connectivity index (χ4n) is 1.43. The Balaban J connectivity index is 2.47. The topological polar surface area (TPSA) is 29.0 Å². The van der Waals surface area contributed by atoms with Crippen molar-refractivity contribution in [3.05, 3.63) is 42.5 Å². The van der Waals surface area contributed by atoms with Gasteiger partial charge in [0.15, 0.2) is 0 Å². The lowest BCUT2D eigenvalue weighted by atomic mass is 10.3. The van der Waals surface area contributed by atoms with Crippen LogP contribution in [0.3, 0.4) is 0 Å². The predicted molar refractivity (Wildman–Crippen MR) is 89.7 cm³/mol. The number of anilines is 2. The van der Waals surface area contributed by atoms with Crippen LogP contribution in [0.5, 0.6) is 0 Å². The molecular formula is C11H8BrI2N3. The summed E-state index contributed by atoms with van der Waals surface area (Å²) >= 11 is 7.93. The standard InChI is InChI=1S/C11H8BrI2N3/c1-17(8-4-2-3-7(12)5-8)9-10(13)15-6-16-11(9)14/h2-6H,1H3. The van der Waals surface area contributed by atoms with Crippen molar-refractivity contribution in [1.82, 2.24) is 9.97 Å². The van der Waals surface area contributed by atoms with Gasteiger partial charge in [-0.25, -0.2) is 9.97 Å². The molecule has 0 bridgehead atoms. The van der Waals surface area contributed by atoms with E-state index >= 15 is 0 Å². The van der Waals surface area contributed by atoms with Crippen LogP contribution in [0.25, 0.3) is 0 Å². The molecule has 1 aromatic carbocycles. The smallest absolute Gasteiger partial charge is 0.129 e. The summed E-state index contributed by atoms with van der Waals surface area (Å²) in [6.07, 6.45) is 1.59. The average molecular weight is 516 g/mol. The Hall–Kier alpha value is 0.0400. The Morgan fingerprint density at radius 2 is 1.82 bits per heavy atom. The van der Waals surface area contributed by atoms with Crippen LogP contribution in [0.15, 0.2) is 35.1 Å². The second kappa shape index (κ2) is 5.79. The van der Waals surface area contributed by atoms with E-state index in [1.54, 1.807) is 6.33 Å². The molecule has 0 saturated carbocycles. The SMILES string of the molecule is CN(c1cccc(Br)c1)c1c(I)ncnc1I. The van der Waals surface area contributed by atoms with Crippen molar-refractivity contribution >= 4 is 72.5 Å². The van der Waals surface area contributed by atoms with Gasteiger partial charge in [0.25, 0.3) is 0 Å². The van der Waals surface area contributed by atoms with Gasteiger partial charge in [-0.2, -0.15) is 0 Å². The Morgan fingerprint density at radius 3 is 2.41 bits per heavy atom. The van der Waals surface area contributed by atoms with Gasteiger partial charge < -0.3 is 4.90 Å². The molecule has 1 aromatic heterocycles. The minimum absolute atomic E-state index is 0.949. The van der Waals surface area contributed by atoms with Crippen LogP contribution in [0.2, 0.25) is 0 Å². The molecule has 0 aliphatic heterocycles. The van der Waals surface area contributed by atoms with Gasteiger partial charge in [0, 0.05) is 17.2 Å². The molecule has 2 aromatic rings. The van der Waals surface area contributed by atoms with E-state index < -0.39 is 0 Å². The maximum absolute atomic E-state index is 4.23. The van der Waals surface area contributed by atoms with Gasteiger partial charge in [0.1, 0.15) is 19.4 Å². The summed E-state index contributed by atoms with van der Waals surface area (Å²) in [4.78, 5) is 10.5. The average Bonchev–Trinajstić information content (AvgIpc) is 2.28. The molecule has 0 N–H and O–H groups in total. The molecule has 0 amide bonds. The second-order valence-electron chi connectivity index (χ2n) is 3.34. The predicted octanol–water partition coefficient (Wildman–Crippen LogP) is 4.22. The molecule has 0 fully saturated rings. The number of hydrogen-bond donors (Lipinski definition) is 0. The Morgan fingerprint density at radius 1 is 1.18 bits per heavy atom. The van der Waals surface area contributed by atoms with E-state index in [0.717, 1.165) is 23.2 Å². The van der Waals surface area contributed by atoms with Gasteiger partial charge in [0.2, 0.25) is 0 Å². The minimum Gasteiger partial charge on any atom is -0.340 e. The van der Waals surface area contributed by atoms with E-state index in [1.165, 1.54) is 0 Å². The summed E-state index contributed by atoms with van der Waals surface area (Å²) in [5, 5.41) is 0. The first-order valence-electron chi connectivity index (χ1n) is 4.75. The first kappa shape index (κ1) is 13.5. The van der Waals surface area contributed by atoms with Gasteiger partial charge in [-0.15, -0.1) is 0 Å². The van der Waals surface area contributed by atoms with Crippen LogP contribution in [0.4, 0.5) is 11.4 Å². The van der Waals surface area contributed by atoms with E-state index in [9.17, 15) is 0 Å². The van der Waals surface area contributed by atoms with Crippen LogP contribution in [-0.4, -0.2) is 17.0 Å². The van der Waals surface area contributed by atoms with Crippen LogP contribution < -0.4 is 4.90 Å². The Kier molecular flexibility index (Phi) is 4.59. The van der Waals surface area contributed by atoms with Crippen LogP contribution in [-0.2, 0) is 0 Å². The molecular weight excluding hydrogens is 508 g/mol. The van der Waals surface area contributed by atoms with E-state index in [0.29, 0.717) is 0 Å². The summed E-state index contributed by atoms with van der Waals surface area (Å²) in [6, 6.07) is 8.15. The second-order valence-corrected chi connectivity index (χ2v) is 6.30. The maximum atomic E-state index is 4.23. The lowest BCUT2D eigenvalue weighted by Gasteiger charge is -2.21. The highest BCUT2D eigenvalue weighted by Gasteiger charge is 2.13. The zero-order chi connectivity index (χ0) is 12.4. The van der Waals surface area contributed by atoms with Crippen molar-refractivity contribution in [2.24, 2.45) is 0 Å². The van der Waals surface area contributed by atoms with Crippen molar-refractivity contribution in [1.29, 1.82) is 0 Å². The molecule has 2 rings (SSSR count). The van der Waals surface area contributed by atoms with Gasteiger partial charge in [-0.3, -0.25) is 0 Å². The highest BCUT2D eigenvalue weighted by molar-refractivity contribution is 14.1. The molecule has 0 atom stereocenters. The normalized spacial score (nSPS) is 10.4. The van der Waals surface area contributed by atoms with Gasteiger partial charge in [-0.1, -0.05) is 22.0 Å². The summed E-state index contributed by atoms with van der Waals surface area (Å²) in [7, 11) is 2.02. The molecule has 1 heterocycles. The van der Waals surface area contributed by atoms with Crippen molar-refractivity contribution in [2.45, 2.75) is 0 Å². The van der Waals surface area contributed by atoms with E-state index in [4.69, 9.17) is 0 Å². The van der Waals surface area contributed by atoms with E-state index in [1.807, 2.05) is 19.2 Å². The zero-order valence-electron chi connectivity index (χ0n) is 8.86. The monoisotopic (exact) mass is 515 g/mol. The fraction of sp³-hybridized carbons (Fsp3) is 0.0909. The maximum Gasteiger partial charge on any atom is 0.129 e. The number of rotatable bonds is 2. The molecule has 88 valence electrons. The summed E-state index contributed by atoms with van der Waals surface area (Å²) in [5.74, 6) is 0. The quantitative estimate of drug-likeness (QED) is 0.443. The lowest BCUT2D eigenvalue weighted by Crippen LogP contribution is -2.14. The number of nitrogens with zero attached hydrogens (tertiary/aromatic N) is 3. The van der Waals surface area contributed by atoms with Gasteiger partial charge >= 0.3 is 0 Å². The first-order chi connectivity index (χ1) is 8.09. The van der Waals surface area contributed by atoms with Gasteiger partial charge in [-0.05, 0) is 63.4 Å². The molecule has 3 nitrogen and oxygen atoms in total. The number of aromatic nitrogens is 2. The molecule has 17 heavy (non-hydrogen) atoms. The molecule has 0 aliphatic carbocycles. The fourth-order valence-corrected chi connectivity index (χ4v) is 3.82. The molecule has 0 spiro atoms. The highest BCUT2D eigenvalue weighted by atomic mass is 127. The Bertz CT molecular complexity index is 528. The third-order valence-electron chi connectivity index (χ3n) is 2.26. The summed E-state index contributed by atoms with van der Waals surface area (Å²) < 4.78 is 2.96. The minimum atomic E-state index is 0.949. The molecule has 0 aliphatic rings. The van der Waals surface area contributed by atoms with Crippen LogP contribution >= 0.6 is 61.1 Å².